The molecule has 1 aromatic heterocycles. The number of halogens is 5. The SMILES string of the molecule is CC/C(C)=C(/C(F)=c1/nc(OC)nc2/c1=C(/C)OC(C)CCN=CCN2)c1c(Cl)c(N)cc(C)c1C(F)(F)F. The molecule has 1 aliphatic heterocycles. The van der Waals surface area contributed by atoms with E-state index in [2.05, 4.69) is 20.3 Å². The van der Waals surface area contributed by atoms with Crippen molar-refractivity contribution in [2.75, 3.05) is 31.2 Å². The highest BCUT2D eigenvalue weighted by molar-refractivity contribution is 6.35. The predicted molar refractivity (Wildman–Crippen MR) is 147 cm³/mol. The second-order valence-electron chi connectivity index (χ2n) is 9.19. The van der Waals surface area contributed by atoms with Crippen molar-refractivity contribution in [3.8, 4) is 6.01 Å². The van der Waals surface area contributed by atoms with E-state index in [-0.39, 0.29) is 64.0 Å². The van der Waals surface area contributed by atoms with Gasteiger partial charge in [0.2, 0.25) is 0 Å². The van der Waals surface area contributed by atoms with E-state index in [0.717, 1.165) is 6.07 Å². The van der Waals surface area contributed by atoms with Crippen LogP contribution in [0.3, 0.4) is 0 Å². The van der Waals surface area contributed by atoms with Crippen molar-refractivity contribution in [2.45, 2.75) is 59.7 Å². The summed E-state index contributed by atoms with van der Waals surface area (Å²) in [7, 11) is 1.30. The molecule has 7 nitrogen and oxygen atoms in total. The minimum Gasteiger partial charge on any atom is -0.494 e. The number of hydrogen-bond donors (Lipinski definition) is 2. The fourth-order valence-corrected chi connectivity index (χ4v) is 4.60. The van der Waals surface area contributed by atoms with Gasteiger partial charge in [0.15, 0.2) is 5.83 Å². The minimum absolute atomic E-state index is 0.105. The number of nitrogens with two attached hydrogens (primary N) is 1. The average molecular weight is 570 g/mol. The van der Waals surface area contributed by atoms with E-state index in [1.807, 2.05) is 6.92 Å². The van der Waals surface area contributed by atoms with Gasteiger partial charge >= 0.3 is 12.2 Å². The highest BCUT2D eigenvalue weighted by Crippen LogP contribution is 2.46. The number of ether oxygens (including phenoxy) is 2. The second kappa shape index (κ2) is 12.2. The van der Waals surface area contributed by atoms with E-state index < -0.39 is 28.2 Å². The van der Waals surface area contributed by atoms with Crippen molar-refractivity contribution in [2.24, 2.45) is 4.99 Å². The number of anilines is 2. The van der Waals surface area contributed by atoms with Crippen LogP contribution in [0.4, 0.5) is 29.1 Å². The molecular weight excluding hydrogens is 538 g/mol. The summed E-state index contributed by atoms with van der Waals surface area (Å²) >= 11 is 6.41. The number of methoxy groups -OCH3 is 1. The van der Waals surface area contributed by atoms with E-state index in [9.17, 15) is 13.2 Å². The van der Waals surface area contributed by atoms with Gasteiger partial charge < -0.3 is 20.5 Å². The summed E-state index contributed by atoms with van der Waals surface area (Å²) < 4.78 is 71.4. The zero-order chi connectivity index (χ0) is 29.1. The lowest BCUT2D eigenvalue weighted by Gasteiger charge is -2.22. The van der Waals surface area contributed by atoms with Crippen molar-refractivity contribution < 1.29 is 27.0 Å². The number of alkyl halides is 3. The Kier molecular flexibility index (Phi) is 9.47. The van der Waals surface area contributed by atoms with Crippen LogP contribution < -0.4 is 26.4 Å². The molecule has 1 aromatic carbocycles. The Morgan fingerprint density at radius 2 is 1.97 bits per heavy atom. The number of aromatic nitrogens is 2. The van der Waals surface area contributed by atoms with Crippen LogP contribution in [0, 0.1) is 6.92 Å². The van der Waals surface area contributed by atoms with Crippen LogP contribution >= 0.6 is 11.6 Å². The van der Waals surface area contributed by atoms with Gasteiger partial charge in [-0.1, -0.05) is 24.1 Å². The molecule has 2 heterocycles. The third-order valence-electron chi connectivity index (χ3n) is 6.36. The third-order valence-corrected chi connectivity index (χ3v) is 6.77. The first-order valence-electron chi connectivity index (χ1n) is 12.4. The van der Waals surface area contributed by atoms with Crippen LogP contribution in [-0.2, 0) is 10.9 Å². The molecule has 0 bridgehead atoms. The Morgan fingerprint density at radius 1 is 1.28 bits per heavy atom. The quantitative estimate of drug-likeness (QED) is 0.377. The summed E-state index contributed by atoms with van der Waals surface area (Å²) in [6.07, 6.45) is -2.66. The molecule has 0 radical (unpaired) electrons. The monoisotopic (exact) mass is 569 g/mol. The summed E-state index contributed by atoms with van der Waals surface area (Å²) in [4.78, 5) is 12.9. The van der Waals surface area contributed by atoms with Crippen LogP contribution in [0.5, 0.6) is 6.01 Å². The third kappa shape index (κ3) is 6.46. The fourth-order valence-electron chi connectivity index (χ4n) is 4.35. The summed E-state index contributed by atoms with van der Waals surface area (Å²) in [5, 5.41) is 2.49. The number of aliphatic imine (C=N–C) groups is 1. The van der Waals surface area contributed by atoms with Gasteiger partial charge in [-0.2, -0.15) is 23.1 Å². The highest BCUT2D eigenvalue weighted by atomic mass is 35.5. The largest absolute Gasteiger partial charge is 0.494 e. The van der Waals surface area contributed by atoms with Crippen molar-refractivity contribution in [3.63, 3.8) is 0 Å². The van der Waals surface area contributed by atoms with Gasteiger partial charge in [-0.25, -0.2) is 4.39 Å². The molecule has 0 aliphatic carbocycles. The van der Waals surface area contributed by atoms with Crippen LogP contribution in [0.1, 0.15) is 57.2 Å². The summed E-state index contributed by atoms with van der Waals surface area (Å²) in [6.45, 7) is 8.73. The highest BCUT2D eigenvalue weighted by Gasteiger charge is 2.39. The molecule has 39 heavy (non-hydrogen) atoms. The topological polar surface area (TPSA) is 94.7 Å². The molecule has 0 saturated carbocycles. The van der Waals surface area contributed by atoms with Gasteiger partial charge in [-0.3, -0.25) is 4.99 Å². The number of allylic oxidation sites excluding steroid dienone is 2. The Morgan fingerprint density at radius 3 is 2.59 bits per heavy atom. The smallest absolute Gasteiger partial charge is 0.417 e. The molecule has 212 valence electrons. The molecule has 0 fully saturated rings. The summed E-state index contributed by atoms with van der Waals surface area (Å²) in [5.74, 6) is -0.604. The molecule has 0 spiro atoms. The Bertz CT molecular complexity index is 1440. The van der Waals surface area contributed by atoms with E-state index in [4.69, 9.17) is 26.8 Å². The number of nitrogens with one attached hydrogen (secondary N) is 1. The maximum absolute atomic E-state index is 16.9. The number of nitrogens with zero attached hydrogens (tertiary/aromatic N) is 3. The standard InChI is InChI=1S/C27H32ClF4N5O2/c1-7-13(2)18(20-21(27(30,31)32)14(3)12-17(33)22(20)28)23(29)24-19-16(5)39-15(4)8-9-34-10-11-35-25(19)37-26(36-24)38-6/h10,12,15H,7-9,11,33H2,1-6H3,(H,35,36,37)/b18-13+,19-16-,24-23-,34-10?. The molecule has 0 amide bonds. The molecule has 2 aromatic rings. The molecule has 1 aliphatic rings. The normalized spacial score (nSPS) is 19.2. The van der Waals surface area contributed by atoms with Gasteiger partial charge in [0.25, 0.3) is 0 Å². The summed E-state index contributed by atoms with van der Waals surface area (Å²) in [6, 6.07) is 0.932. The molecule has 1 atom stereocenters. The fraction of sp³-hybridized carbons (Fsp3) is 0.444. The van der Waals surface area contributed by atoms with Crippen LogP contribution in [0.2, 0.25) is 5.02 Å². The number of fused-ring (bicyclic) bond motifs is 1. The molecule has 3 N–H and O–H groups in total. The Hall–Kier alpha value is -3.34. The Balaban J connectivity index is 2.60. The van der Waals surface area contributed by atoms with Gasteiger partial charge in [0.05, 0.1) is 41.3 Å². The number of rotatable bonds is 4. The van der Waals surface area contributed by atoms with Crippen LogP contribution in [0.15, 0.2) is 16.6 Å². The lowest BCUT2D eigenvalue weighted by molar-refractivity contribution is -0.138. The zero-order valence-electron chi connectivity index (χ0n) is 22.7. The van der Waals surface area contributed by atoms with Crippen molar-refractivity contribution in [1.29, 1.82) is 0 Å². The maximum Gasteiger partial charge on any atom is 0.417 e. The zero-order valence-corrected chi connectivity index (χ0v) is 23.4. The molecular formula is C27H32ClF4N5O2. The molecule has 3 rings (SSSR count). The van der Waals surface area contributed by atoms with Crippen LogP contribution in [-0.4, -0.2) is 42.5 Å². The molecule has 12 heteroatoms. The van der Waals surface area contributed by atoms with Gasteiger partial charge in [0.1, 0.15) is 16.9 Å². The first-order chi connectivity index (χ1) is 18.3. The van der Waals surface area contributed by atoms with Gasteiger partial charge in [-0.15, -0.1) is 0 Å². The number of nitrogen functional groups attached to an aromatic ring is 1. The van der Waals surface area contributed by atoms with Crippen molar-refractivity contribution in [3.05, 3.63) is 43.9 Å². The minimum atomic E-state index is -4.84. The van der Waals surface area contributed by atoms with Crippen molar-refractivity contribution in [1.82, 2.24) is 9.97 Å². The second-order valence-corrected chi connectivity index (χ2v) is 9.57. The van der Waals surface area contributed by atoms with E-state index >= 15 is 4.39 Å². The maximum atomic E-state index is 16.9. The van der Waals surface area contributed by atoms with Crippen molar-refractivity contribution >= 4 is 46.5 Å². The van der Waals surface area contributed by atoms with E-state index in [0.29, 0.717) is 18.5 Å². The number of aryl methyl sites for hydroxylation is 1. The number of benzene rings is 1. The predicted octanol–water partition coefficient (Wildman–Crippen LogP) is 5.43. The first-order valence-corrected chi connectivity index (χ1v) is 12.8. The molecule has 0 saturated heterocycles. The van der Waals surface area contributed by atoms with E-state index in [1.54, 1.807) is 20.1 Å². The number of hydrogen-bond acceptors (Lipinski definition) is 7. The molecule has 1 unspecified atom stereocenters. The lowest BCUT2D eigenvalue weighted by atomic mass is 9.90. The average Bonchev–Trinajstić information content (AvgIpc) is 2.89. The lowest BCUT2D eigenvalue weighted by Crippen LogP contribution is -2.37. The van der Waals surface area contributed by atoms with Gasteiger partial charge in [-0.05, 0) is 45.7 Å². The van der Waals surface area contributed by atoms with Gasteiger partial charge in [0, 0.05) is 30.3 Å². The Labute approximate surface area is 229 Å². The first kappa shape index (κ1) is 30.2. The van der Waals surface area contributed by atoms with E-state index in [1.165, 1.54) is 21.0 Å². The summed E-state index contributed by atoms with van der Waals surface area (Å²) in [5.41, 5.74) is 4.02. The van der Waals surface area contributed by atoms with Crippen LogP contribution in [0.25, 0.3) is 17.2 Å².